The molecule has 1 aliphatic rings. The molecule has 21 heavy (non-hydrogen) atoms. The third kappa shape index (κ3) is 3.52. The maximum atomic E-state index is 12.9. The van der Waals surface area contributed by atoms with Crippen LogP contribution in [-0.4, -0.2) is 25.8 Å². The van der Waals surface area contributed by atoms with E-state index < -0.39 is 10.0 Å². The van der Waals surface area contributed by atoms with Gasteiger partial charge in [0.2, 0.25) is 10.0 Å². The molecule has 0 aromatic heterocycles. The fourth-order valence-electron chi connectivity index (χ4n) is 2.72. The molecule has 1 saturated heterocycles. The highest BCUT2D eigenvalue weighted by Gasteiger charge is 2.31. The van der Waals surface area contributed by atoms with E-state index in [4.69, 9.17) is 17.3 Å². The van der Waals surface area contributed by atoms with Gasteiger partial charge >= 0.3 is 0 Å². The van der Waals surface area contributed by atoms with Crippen LogP contribution in [0.25, 0.3) is 0 Å². The van der Waals surface area contributed by atoms with Gasteiger partial charge in [0, 0.05) is 13.1 Å². The van der Waals surface area contributed by atoms with Crippen LogP contribution in [0, 0.1) is 12.3 Å². The summed E-state index contributed by atoms with van der Waals surface area (Å²) in [5.74, 6) is 0. The lowest BCUT2D eigenvalue weighted by molar-refractivity contribution is 0.315. The zero-order valence-electron chi connectivity index (χ0n) is 12.8. The van der Waals surface area contributed by atoms with Crippen LogP contribution in [0.15, 0.2) is 17.0 Å². The molecule has 0 spiro atoms. The average Bonchev–Trinajstić information content (AvgIpc) is 2.55. The van der Waals surface area contributed by atoms with Crippen LogP contribution >= 0.6 is 11.6 Å². The quantitative estimate of drug-likeness (QED) is 0.845. The molecule has 1 aromatic carbocycles. The number of sulfonamides is 1. The number of nitrogens with two attached hydrogens (primary N) is 1. The van der Waals surface area contributed by atoms with Crippen LogP contribution in [0.1, 0.15) is 38.7 Å². The van der Waals surface area contributed by atoms with Gasteiger partial charge in [-0.3, -0.25) is 0 Å². The van der Waals surface area contributed by atoms with E-state index in [1.165, 1.54) is 6.07 Å². The standard InChI is InChI=1S/C15H23ClN2O2S/c1-11-9-12(16)13(17)10-14(11)21(19,20)18-7-4-5-15(2,3)6-8-18/h9-10H,4-8,17H2,1-3H3. The minimum Gasteiger partial charge on any atom is -0.397 e. The molecule has 2 rings (SSSR count). The topological polar surface area (TPSA) is 63.4 Å². The summed E-state index contributed by atoms with van der Waals surface area (Å²) in [5.41, 5.74) is 6.91. The summed E-state index contributed by atoms with van der Waals surface area (Å²) in [6, 6.07) is 3.09. The Morgan fingerprint density at radius 1 is 1.24 bits per heavy atom. The Bertz CT molecular complexity index is 641. The number of hydrogen-bond acceptors (Lipinski definition) is 3. The SMILES string of the molecule is Cc1cc(Cl)c(N)cc1S(=O)(=O)N1CCCC(C)(C)CC1. The Kier molecular flexibility index (Phi) is 4.57. The molecule has 0 amide bonds. The summed E-state index contributed by atoms with van der Waals surface area (Å²) in [5, 5.41) is 0.392. The average molecular weight is 331 g/mol. The Balaban J connectivity index is 2.36. The lowest BCUT2D eigenvalue weighted by Crippen LogP contribution is -2.33. The minimum absolute atomic E-state index is 0.193. The van der Waals surface area contributed by atoms with Crippen molar-refractivity contribution in [3.8, 4) is 0 Å². The van der Waals surface area contributed by atoms with E-state index in [2.05, 4.69) is 13.8 Å². The van der Waals surface area contributed by atoms with Gasteiger partial charge in [0.15, 0.2) is 0 Å². The molecule has 1 fully saturated rings. The smallest absolute Gasteiger partial charge is 0.243 e. The fourth-order valence-corrected chi connectivity index (χ4v) is 4.66. The maximum absolute atomic E-state index is 12.9. The van der Waals surface area contributed by atoms with Gasteiger partial charge in [0.25, 0.3) is 0 Å². The van der Waals surface area contributed by atoms with Crippen LogP contribution in [0.2, 0.25) is 5.02 Å². The molecule has 0 atom stereocenters. The molecule has 1 aromatic rings. The largest absolute Gasteiger partial charge is 0.397 e. The molecule has 0 saturated carbocycles. The molecule has 0 unspecified atom stereocenters. The van der Waals surface area contributed by atoms with Crippen molar-refractivity contribution >= 4 is 27.3 Å². The second-order valence-corrected chi connectivity index (χ2v) is 8.87. The highest BCUT2D eigenvalue weighted by molar-refractivity contribution is 7.89. The highest BCUT2D eigenvalue weighted by Crippen LogP contribution is 2.33. The number of anilines is 1. The summed E-state index contributed by atoms with van der Waals surface area (Å²) in [4.78, 5) is 0.268. The van der Waals surface area contributed by atoms with Crippen molar-refractivity contribution in [3.05, 3.63) is 22.7 Å². The number of halogens is 1. The van der Waals surface area contributed by atoms with Gasteiger partial charge in [0.1, 0.15) is 0 Å². The monoisotopic (exact) mass is 330 g/mol. The second-order valence-electron chi connectivity index (χ2n) is 6.56. The van der Waals surface area contributed by atoms with E-state index >= 15 is 0 Å². The van der Waals surface area contributed by atoms with E-state index in [0.717, 1.165) is 19.3 Å². The van der Waals surface area contributed by atoms with Gasteiger partial charge in [-0.25, -0.2) is 8.42 Å². The van der Waals surface area contributed by atoms with Gasteiger partial charge in [-0.05, 0) is 49.3 Å². The van der Waals surface area contributed by atoms with Crippen molar-refractivity contribution in [3.63, 3.8) is 0 Å². The van der Waals surface area contributed by atoms with Crippen LogP contribution < -0.4 is 5.73 Å². The molecule has 1 heterocycles. The molecular weight excluding hydrogens is 308 g/mol. The molecule has 2 N–H and O–H groups in total. The Hall–Kier alpha value is -0.780. The summed E-state index contributed by atoms with van der Waals surface area (Å²) >= 11 is 5.95. The van der Waals surface area contributed by atoms with Crippen molar-refractivity contribution in [2.24, 2.45) is 5.41 Å². The van der Waals surface area contributed by atoms with E-state index in [1.807, 2.05) is 0 Å². The maximum Gasteiger partial charge on any atom is 0.243 e. The Morgan fingerprint density at radius 2 is 1.90 bits per heavy atom. The number of nitrogen functional groups attached to an aromatic ring is 1. The lowest BCUT2D eigenvalue weighted by atomic mass is 9.85. The van der Waals surface area contributed by atoms with Crippen molar-refractivity contribution in [2.45, 2.75) is 44.9 Å². The predicted molar refractivity (Wildman–Crippen MR) is 87.0 cm³/mol. The van der Waals surface area contributed by atoms with Crippen molar-refractivity contribution < 1.29 is 8.42 Å². The molecule has 6 heteroatoms. The number of hydrogen-bond donors (Lipinski definition) is 1. The highest BCUT2D eigenvalue weighted by atomic mass is 35.5. The third-order valence-corrected chi connectivity index (χ3v) is 6.58. The molecule has 0 radical (unpaired) electrons. The van der Waals surface area contributed by atoms with Gasteiger partial charge in [-0.15, -0.1) is 0 Å². The summed E-state index contributed by atoms with van der Waals surface area (Å²) < 4.78 is 27.3. The zero-order chi connectivity index (χ0) is 15.8. The van der Waals surface area contributed by atoms with E-state index in [1.54, 1.807) is 17.3 Å². The Labute approximate surface area is 132 Å². The van der Waals surface area contributed by atoms with Crippen LogP contribution in [0.3, 0.4) is 0 Å². The third-order valence-electron chi connectivity index (χ3n) is 4.21. The Morgan fingerprint density at radius 3 is 2.57 bits per heavy atom. The number of aryl methyl sites for hydroxylation is 1. The first kappa shape index (κ1) is 16.6. The molecule has 1 aliphatic heterocycles. The first-order valence-corrected chi connectivity index (χ1v) is 9.01. The van der Waals surface area contributed by atoms with Crippen molar-refractivity contribution in [2.75, 3.05) is 18.8 Å². The molecule has 118 valence electrons. The van der Waals surface area contributed by atoms with Crippen molar-refractivity contribution in [1.29, 1.82) is 0 Å². The van der Waals surface area contributed by atoms with Gasteiger partial charge < -0.3 is 5.73 Å². The normalized spacial score (nSPS) is 20.2. The minimum atomic E-state index is -3.51. The van der Waals surface area contributed by atoms with E-state index in [9.17, 15) is 8.42 Å². The molecule has 4 nitrogen and oxygen atoms in total. The summed E-state index contributed by atoms with van der Waals surface area (Å²) in [7, 11) is -3.51. The first-order chi connectivity index (χ1) is 9.63. The van der Waals surface area contributed by atoms with Gasteiger partial charge in [-0.1, -0.05) is 25.4 Å². The van der Waals surface area contributed by atoms with Crippen LogP contribution in [0.5, 0.6) is 0 Å². The van der Waals surface area contributed by atoms with Crippen LogP contribution in [0.4, 0.5) is 5.69 Å². The molecule has 0 aliphatic carbocycles. The molecular formula is C15H23ClN2O2S. The van der Waals surface area contributed by atoms with Crippen molar-refractivity contribution in [1.82, 2.24) is 4.31 Å². The van der Waals surface area contributed by atoms with Crippen LogP contribution in [-0.2, 0) is 10.0 Å². The summed E-state index contributed by atoms with van der Waals surface area (Å²) in [6.07, 6.45) is 2.80. The van der Waals surface area contributed by atoms with Gasteiger partial charge in [-0.2, -0.15) is 4.31 Å². The number of nitrogens with zero attached hydrogens (tertiary/aromatic N) is 1. The second kappa shape index (κ2) is 5.78. The first-order valence-electron chi connectivity index (χ1n) is 7.19. The lowest BCUT2D eigenvalue weighted by Gasteiger charge is -2.24. The van der Waals surface area contributed by atoms with Gasteiger partial charge in [0.05, 0.1) is 15.6 Å². The fraction of sp³-hybridized carbons (Fsp3) is 0.600. The van der Waals surface area contributed by atoms with E-state index in [0.29, 0.717) is 29.4 Å². The summed E-state index contributed by atoms with van der Waals surface area (Å²) in [6.45, 7) is 7.24. The number of benzene rings is 1. The zero-order valence-corrected chi connectivity index (χ0v) is 14.4. The molecule has 0 bridgehead atoms. The van der Waals surface area contributed by atoms with E-state index in [-0.39, 0.29) is 10.3 Å². The predicted octanol–water partition coefficient (Wildman–Crippen LogP) is 3.43. The number of rotatable bonds is 2.